The molecule has 152 valence electrons. The van der Waals surface area contributed by atoms with Gasteiger partial charge in [-0.15, -0.1) is 0 Å². The van der Waals surface area contributed by atoms with E-state index in [9.17, 15) is 14.4 Å². The molecule has 0 bridgehead atoms. The molecule has 4 N–H and O–H groups in total. The number of aromatic nitrogens is 3. The van der Waals surface area contributed by atoms with Gasteiger partial charge in [0.2, 0.25) is 0 Å². The van der Waals surface area contributed by atoms with Crippen molar-refractivity contribution in [3.8, 4) is 0 Å². The summed E-state index contributed by atoms with van der Waals surface area (Å²) in [5.74, 6) is -0.00712. The van der Waals surface area contributed by atoms with Crippen molar-refractivity contribution in [3.63, 3.8) is 0 Å². The van der Waals surface area contributed by atoms with Crippen molar-refractivity contribution in [2.75, 3.05) is 5.32 Å². The quantitative estimate of drug-likeness (QED) is 0.357. The minimum Gasteiger partial charge on any atom is -0.322 e. The zero-order chi connectivity index (χ0) is 21.1. The number of rotatable bonds is 6. The van der Waals surface area contributed by atoms with Gasteiger partial charge in [-0.25, -0.2) is 9.78 Å². The first kappa shape index (κ1) is 19.6. The van der Waals surface area contributed by atoms with E-state index in [1.54, 1.807) is 43.3 Å². The number of nitrogens with one attached hydrogen (secondary N) is 4. The molecule has 0 radical (unpaired) electrons. The number of benzene rings is 2. The predicted molar refractivity (Wildman–Crippen MR) is 111 cm³/mol. The van der Waals surface area contributed by atoms with Crippen LogP contribution in [0.1, 0.15) is 28.4 Å². The first-order chi connectivity index (χ1) is 14.4. The van der Waals surface area contributed by atoms with Gasteiger partial charge in [-0.1, -0.05) is 36.0 Å². The van der Waals surface area contributed by atoms with E-state index in [-0.39, 0.29) is 5.91 Å². The van der Waals surface area contributed by atoms with Gasteiger partial charge in [0.1, 0.15) is 11.9 Å². The number of carbonyl (C=O) groups is 3. The summed E-state index contributed by atoms with van der Waals surface area (Å²) in [7, 11) is 0. The van der Waals surface area contributed by atoms with Crippen molar-refractivity contribution < 1.29 is 14.4 Å². The fourth-order valence-corrected chi connectivity index (χ4v) is 3.76. The maximum Gasteiger partial charge on any atom is 0.322 e. The highest BCUT2D eigenvalue weighted by Gasteiger charge is 2.43. The number of thioether (sulfide) groups is 1. The second-order valence-electron chi connectivity index (χ2n) is 6.84. The second-order valence-corrected chi connectivity index (χ2v) is 7.81. The lowest BCUT2D eigenvalue weighted by Crippen LogP contribution is -2.40. The van der Waals surface area contributed by atoms with Crippen LogP contribution in [0, 0.1) is 0 Å². The normalized spacial score (nSPS) is 18.0. The maximum atomic E-state index is 12.6. The Hall–Kier alpha value is -3.66. The van der Waals surface area contributed by atoms with Crippen molar-refractivity contribution >= 4 is 35.3 Å². The highest BCUT2D eigenvalue weighted by Crippen LogP contribution is 2.27. The topological polar surface area (TPSA) is 129 Å². The number of anilines is 1. The van der Waals surface area contributed by atoms with Gasteiger partial charge in [0, 0.05) is 17.0 Å². The summed E-state index contributed by atoms with van der Waals surface area (Å²) in [6.07, 6.45) is 1.46. The Balaban J connectivity index is 1.42. The number of carbonyl (C=O) groups excluding carboxylic acids is 3. The molecule has 10 heteroatoms. The molecule has 2 aromatic carbocycles. The molecule has 1 aliphatic rings. The molecular weight excluding hydrogens is 404 g/mol. The molecule has 1 saturated heterocycles. The van der Waals surface area contributed by atoms with Crippen LogP contribution in [0.5, 0.6) is 0 Å². The summed E-state index contributed by atoms with van der Waals surface area (Å²) >= 11 is 1.52. The van der Waals surface area contributed by atoms with E-state index in [0.29, 0.717) is 22.6 Å². The Bertz CT molecular complexity index is 1100. The third-order valence-electron chi connectivity index (χ3n) is 4.73. The minimum atomic E-state index is -1.18. The van der Waals surface area contributed by atoms with E-state index in [1.807, 2.05) is 12.1 Å². The Morgan fingerprint density at radius 3 is 2.63 bits per heavy atom. The lowest BCUT2D eigenvalue weighted by molar-refractivity contribution is -0.123. The Kier molecular flexibility index (Phi) is 5.23. The number of H-pyrrole nitrogens is 1. The number of aromatic amines is 1. The van der Waals surface area contributed by atoms with Gasteiger partial charge < -0.3 is 10.6 Å². The van der Waals surface area contributed by atoms with Crippen LogP contribution < -0.4 is 16.0 Å². The molecule has 1 fully saturated rings. The first-order valence-corrected chi connectivity index (χ1v) is 10.1. The summed E-state index contributed by atoms with van der Waals surface area (Å²) in [6.45, 7) is 1.61. The monoisotopic (exact) mass is 422 g/mol. The molecule has 4 rings (SSSR count). The molecule has 1 unspecified atom stereocenters. The van der Waals surface area contributed by atoms with Crippen molar-refractivity contribution in [3.05, 3.63) is 71.5 Å². The van der Waals surface area contributed by atoms with Crippen LogP contribution in [0.2, 0.25) is 0 Å². The fraction of sp³-hybridized carbons (Fsp3) is 0.150. The molecule has 1 aliphatic heterocycles. The molecule has 3 aromatic rings. The Morgan fingerprint density at radius 1 is 1.17 bits per heavy atom. The zero-order valence-corrected chi connectivity index (χ0v) is 16.7. The zero-order valence-electron chi connectivity index (χ0n) is 15.9. The average Bonchev–Trinajstić information content (AvgIpc) is 3.35. The van der Waals surface area contributed by atoms with E-state index < -0.39 is 17.5 Å². The van der Waals surface area contributed by atoms with Gasteiger partial charge in [-0.3, -0.25) is 20.0 Å². The molecule has 9 nitrogen and oxygen atoms in total. The van der Waals surface area contributed by atoms with Crippen molar-refractivity contribution in [1.82, 2.24) is 25.8 Å². The number of amides is 4. The van der Waals surface area contributed by atoms with E-state index in [0.717, 1.165) is 10.7 Å². The van der Waals surface area contributed by atoms with Gasteiger partial charge in [0.25, 0.3) is 11.8 Å². The van der Waals surface area contributed by atoms with E-state index in [2.05, 4.69) is 31.1 Å². The van der Waals surface area contributed by atoms with Gasteiger partial charge in [0.05, 0.1) is 0 Å². The van der Waals surface area contributed by atoms with Crippen LogP contribution in [0.25, 0.3) is 0 Å². The SMILES string of the molecule is CC1(c2cccc(NC(=O)c3ccc(CSc4ncn[nH]4)cc3)c2)NC(=O)NC1=O. The summed E-state index contributed by atoms with van der Waals surface area (Å²) in [5.41, 5.74) is 1.47. The van der Waals surface area contributed by atoms with Gasteiger partial charge in [-0.2, -0.15) is 5.10 Å². The van der Waals surface area contributed by atoms with Crippen LogP contribution in [0.3, 0.4) is 0 Å². The largest absolute Gasteiger partial charge is 0.322 e. The van der Waals surface area contributed by atoms with Crippen LogP contribution in [-0.4, -0.2) is 33.0 Å². The summed E-state index contributed by atoms with van der Waals surface area (Å²) in [4.78, 5) is 40.3. The standard InChI is InChI=1S/C20H18N6O3S/c1-20(17(28)24-18(29)25-20)14-3-2-4-15(9-14)23-16(27)13-7-5-12(6-8-13)10-30-19-21-11-22-26-19/h2-9,11H,10H2,1H3,(H,23,27)(H,21,22,26)(H2,24,25,28,29). The van der Waals surface area contributed by atoms with Gasteiger partial charge >= 0.3 is 6.03 Å². The third-order valence-corrected chi connectivity index (χ3v) is 5.67. The summed E-state index contributed by atoms with van der Waals surface area (Å²) in [6, 6.07) is 13.6. The molecule has 0 spiro atoms. The van der Waals surface area contributed by atoms with Crippen LogP contribution in [0.4, 0.5) is 10.5 Å². The maximum absolute atomic E-state index is 12.6. The molecule has 0 saturated carbocycles. The molecule has 2 heterocycles. The number of nitrogens with zero attached hydrogens (tertiary/aromatic N) is 2. The van der Waals surface area contributed by atoms with Crippen LogP contribution >= 0.6 is 11.8 Å². The van der Waals surface area contributed by atoms with E-state index in [4.69, 9.17) is 0 Å². The third kappa shape index (κ3) is 4.03. The smallest absolute Gasteiger partial charge is 0.322 e. The highest BCUT2D eigenvalue weighted by atomic mass is 32.2. The minimum absolute atomic E-state index is 0.272. The lowest BCUT2D eigenvalue weighted by Gasteiger charge is -2.21. The fourth-order valence-electron chi connectivity index (χ4n) is 3.03. The molecule has 0 aliphatic carbocycles. The number of imide groups is 1. The van der Waals surface area contributed by atoms with Crippen molar-refractivity contribution in [2.45, 2.75) is 23.4 Å². The molecule has 4 amide bonds. The first-order valence-electron chi connectivity index (χ1n) is 9.07. The summed E-state index contributed by atoms with van der Waals surface area (Å²) in [5, 5.41) is 15.0. The van der Waals surface area contributed by atoms with Gasteiger partial charge in [0.15, 0.2) is 5.16 Å². The van der Waals surface area contributed by atoms with Crippen molar-refractivity contribution in [2.24, 2.45) is 0 Å². The molecule has 30 heavy (non-hydrogen) atoms. The lowest BCUT2D eigenvalue weighted by atomic mass is 9.92. The number of urea groups is 1. The van der Waals surface area contributed by atoms with E-state index in [1.165, 1.54) is 18.1 Å². The van der Waals surface area contributed by atoms with Crippen LogP contribution in [-0.2, 0) is 16.1 Å². The highest BCUT2D eigenvalue weighted by molar-refractivity contribution is 7.98. The number of hydrogen-bond acceptors (Lipinski definition) is 6. The Morgan fingerprint density at radius 2 is 1.97 bits per heavy atom. The van der Waals surface area contributed by atoms with Crippen LogP contribution in [0.15, 0.2) is 60.0 Å². The average molecular weight is 422 g/mol. The molecular formula is C20H18N6O3S. The summed E-state index contributed by atoms with van der Waals surface area (Å²) < 4.78 is 0. The van der Waals surface area contributed by atoms with Gasteiger partial charge in [-0.05, 0) is 42.3 Å². The Labute approximate surface area is 176 Å². The predicted octanol–water partition coefficient (Wildman–Crippen LogP) is 2.40. The second kappa shape index (κ2) is 7.99. The van der Waals surface area contributed by atoms with Crippen molar-refractivity contribution in [1.29, 1.82) is 0 Å². The molecule has 1 aromatic heterocycles. The van der Waals surface area contributed by atoms with E-state index >= 15 is 0 Å². The molecule has 1 atom stereocenters. The number of hydrogen-bond donors (Lipinski definition) is 4.